The van der Waals surface area contributed by atoms with Crippen molar-refractivity contribution in [3.8, 4) is 0 Å². The lowest BCUT2D eigenvalue weighted by molar-refractivity contribution is -0.146. The maximum Gasteiger partial charge on any atom is 0.239 e. The van der Waals surface area contributed by atoms with Gasteiger partial charge in [0.05, 0.1) is 11.7 Å². The lowest BCUT2D eigenvalue weighted by Gasteiger charge is -2.46. The van der Waals surface area contributed by atoms with Crippen molar-refractivity contribution < 1.29 is 4.79 Å². The molecule has 3 aliphatic rings. The highest BCUT2D eigenvalue weighted by Crippen LogP contribution is 2.35. The number of pyridine rings is 1. The molecule has 0 unspecified atom stereocenters. The molecular weight excluding hydrogens is 262 g/mol. The molecule has 4 rings (SSSR count). The van der Waals surface area contributed by atoms with Crippen LogP contribution in [0.25, 0.3) is 0 Å². The average molecular weight is 285 g/mol. The summed E-state index contributed by atoms with van der Waals surface area (Å²) in [6.45, 7) is 3.85. The predicted octanol–water partition coefficient (Wildman–Crippen LogP) is 1.91. The number of piperidine rings is 2. The zero-order valence-corrected chi connectivity index (χ0v) is 12.4. The summed E-state index contributed by atoms with van der Waals surface area (Å²) in [6, 6.07) is 6.12. The summed E-state index contributed by atoms with van der Waals surface area (Å²) in [4.78, 5) is 21.7. The Morgan fingerprint density at radius 3 is 2.90 bits per heavy atom. The van der Waals surface area contributed by atoms with E-state index in [-0.39, 0.29) is 6.04 Å². The van der Waals surface area contributed by atoms with Gasteiger partial charge in [0.2, 0.25) is 5.91 Å². The van der Waals surface area contributed by atoms with E-state index in [9.17, 15) is 4.79 Å². The van der Waals surface area contributed by atoms with Crippen LogP contribution in [0.2, 0.25) is 0 Å². The number of hydrogen-bond donors (Lipinski definition) is 0. The van der Waals surface area contributed by atoms with Crippen LogP contribution in [0.1, 0.15) is 31.4 Å². The SMILES string of the molecule is O=C1[C@H]2C[C@H](CCN2Cc2ccccn2)CN1CC1CC1. The minimum absolute atomic E-state index is 0.0956. The second-order valence-corrected chi connectivity index (χ2v) is 6.88. The summed E-state index contributed by atoms with van der Waals surface area (Å²) in [5.74, 6) is 1.87. The Labute approximate surface area is 126 Å². The van der Waals surface area contributed by atoms with E-state index >= 15 is 0 Å². The van der Waals surface area contributed by atoms with Gasteiger partial charge in [-0.15, -0.1) is 0 Å². The zero-order chi connectivity index (χ0) is 14.2. The molecular formula is C17H23N3O. The molecule has 21 heavy (non-hydrogen) atoms. The Morgan fingerprint density at radius 2 is 2.14 bits per heavy atom. The van der Waals surface area contributed by atoms with Gasteiger partial charge in [-0.1, -0.05) is 6.07 Å². The normalized spacial score (nSPS) is 29.7. The molecule has 1 saturated carbocycles. The number of fused-ring (bicyclic) bond motifs is 2. The highest BCUT2D eigenvalue weighted by Gasteiger charge is 2.42. The number of rotatable bonds is 4. The van der Waals surface area contributed by atoms with Crippen LogP contribution in [0.4, 0.5) is 0 Å². The molecule has 2 atom stereocenters. The Morgan fingerprint density at radius 1 is 1.24 bits per heavy atom. The summed E-state index contributed by atoms with van der Waals surface area (Å²) in [5.41, 5.74) is 1.07. The summed E-state index contributed by atoms with van der Waals surface area (Å²) >= 11 is 0. The van der Waals surface area contributed by atoms with Gasteiger partial charge in [-0.25, -0.2) is 0 Å². The van der Waals surface area contributed by atoms with Crippen LogP contribution in [-0.4, -0.2) is 46.4 Å². The molecule has 1 aromatic heterocycles. The summed E-state index contributed by atoms with van der Waals surface area (Å²) in [6.07, 6.45) is 6.74. The third-order valence-corrected chi connectivity index (χ3v) is 5.16. The molecule has 112 valence electrons. The van der Waals surface area contributed by atoms with Crippen LogP contribution >= 0.6 is 0 Å². The fourth-order valence-electron chi connectivity index (χ4n) is 3.79. The van der Waals surface area contributed by atoms with Gasteiger partial charge < -0.3 is 4.90 Å². The van der Waals surface area contributed by atoms with Gasteiger partial charge >= 0.3 is 0 Å². The number of nitrogens with zero attached hydrogens (tertiary/aromatic N) is 3. The maximum atomic E-state index is 12.8. The molecule has 3 heterocycles. The number of amides is 1. The van der Waals surface area contributed by atoms with Crippen LogP contribution in [0.5, 0.6) is 0 Å². The highest BCUT2D eigenvalue weighted by molar-refractivity contribution is 5.83. The molecule has 2 bridgehead atoms. The third kappa shape index (κ3) is 2.82. The standard InChI is InChI=1S/C17H23N3O/c21-17-16-9-14(11-20(17)10-13-4-5-13)6-8-19(16)12-15-3-1-2-7-18-15/h1-3,7,13-14,16H,4-6,8-12H2/t14-,16+/m0/s1. The van der Waals surface area contributed by atoms with Crippen LogP contribution in [0.3, 0.4) is 0 Å². The van der Waals surface area contributed by atoms with Crippen LogP contribution in [0.15, 0.2) is 24.4 Å². The van der Waals surface area contributed by atoms with E-state index in [2.05, 4.69) is 20.9 Å². The van der Waals surface area contributed by atoms with Gasteiger partial charge in [-0.2, -0.15) is 0 Å². The summed E-state index contributed by atoms with van der Waals surface area (Å²) < 4.78 is 0. The van der Waals surface area contributed by atoms with Crippen molar-refractivity contribution in [2.24, 2.45) is 11.8 Å². The first-order chi connectivity index (χ1) is 10.3. The quantitative estimate of drug-likeness (QED) is 0.848. The van der Waals surface area contributed by atoms with E-state index in [1.54, 1.807) is 0 Å². The second-order valence-electron chi connectivity index (χ2n) is 6.88. The number of likely N-dealkylation sites (tertiary alicyclic amines) is 2. The number of carbonyl (C=O) groups excluding carboxylic acids is 1. The second kappa shape index (κ2) is 5.41. The van der Waals surface area contributed by atoms with Crippen molar-refractivity contribution >= 4 is 5.91 Å². The molecule has 1 aliphatic carbocycles. The van der Waals surface area contributed by atoms with Gasteiger partial charge in [0, 0.05) is 25.8 Å². The van der Waals surface area contributed by atoms with E-state index in [1.807, 2.05) is 18.3 Å². The number of aromatic nitrogens is 1. The van der Waals surface area contributed by atoms with E-state index < -0.39 is 0 Å². The molecule has 0 radical (unpaired) electrons. The molecule has 0 N–H and O–H groups in total. The highest BCUT2D eigenvalue weighted by atomic mass is 16.2. The third-order valence-electron chi connectivity index (χ3n) is 5.16. The van der Waals surface area contributed by atoms with Crippen molar-refractivity contribution in [3.63, 3.8) is 0 Å². The van der Waals surface area contributed by atoms with E-state index in [0.717, 1.165) is 44.2 Å². The topological polar surface area (TPSA) is 36.4 Å². The van der Waals surface area contributed by atoms with Gasteiger partial charge in [-0.05, 0) is 56.2 Å². The zero-order valence-electron chi connectivity index (χ0n) is 12.4. The maximum absolute atomic E-state index is 12.8. The van der Waals surface area contributed by atoms with Crippen molar-refractivity contribution in [2.75, 3.05) is 19.6 Å². The fourth-order valence-corrected chi connectivity index (χ4v) is 3.79. The molecule has 1 aromatic rings. The smallest absolute Gasteiger partial charge is 0.239 e. The van der Waals surface area contributed by atoms with E-state index in [4.69, 9.17) is 0 Å². The number of hydrogen-bond acceptors (Lipinski definition) is 3. The molecule has 4 heteroatoms. The van der Waals surface area contributed by atoms with Crippen molar-refractivity contribution in [1.29, 1.82) is 0 Å². The van der Waals surface area contributed by atoms with Crippen molar-refractivity contribution in [3.05, 3.63) is 30.1 Å². The first-order valence-corrected chi connectivity index (χ1v) is 8.22. The van der Waals surface area contributed by atoms with Gasteiger partial charge in [0.15, 0.2) is 0 Å². The van der Waals surface area contributed by atoms with Gasteiger partial charge in [0.25, 0.3) is 0 Å². The summed E-state index contributed by atoms with van der Waals surface area (Å²) in [7, 11) is 0. The minimum atomic E-state index is 0.0956. The Hall–Kier alpha value is -1.42. The molecule has 0 spiro atoms. The van der Waals surface area contributed by atoms with Crippen molar-refractivity contribution in [2.45, 2.75) is 38.3 Å². The van der Waals surface area contributed by atoms with Gasteiger partial charge in [0.1, 0.15) is 0 Å². The van der Waals surface area contributed by atoms with E-state index in [0.29, 0.717) is 11.8 Å². The Bertz CT molecular complexity index is 514. The largest absolute Gasteiger partial charge is 0.341 e. The molecule has 3 fully saturated rings. The van der Waals surface area contributed by atoms with Crippen LogP contribution in [-0.2, 0) is 11.3 Å². The molecule has 2 aliphatic heterocycles. The lowest BCUT2D eigenvalue weighted by atomic mass is 9.85. The van der Waals surface area contributed by atoms with Crippen LogP contribution < -0.4 is 0 Å². The first kappa shape index (κ1) is 13.3. The van der Waals surface area contributed by atoms with E-state index in [1.165, 1.54) is 19.3 Å². The van der Waals surface area contributed by atoms with Crippen LogP contribution in [0, 0.1) is 11.8 Å². The molecule has 4 nitrogen and oxygen atoms in total. The fraction of sp³-hybridized carbons (Fsp3) is 0.647. The average Bonchev–Trinajstić information content (AvgIpc) is 3.32. The van der Waals surface area contributed by atoms with Gasteiger partial charge in [-0.3, -0.25) is 14.7 Å². The molecule has 0 aromatic carbocycles. The number of carbonyl (C=O) groups is 1. The Balaban J connectivity index is 1.47. The summed E-state index contributed by atoms with van der Waals surface area (Å²) in [5, 5.41) is 0. The minimum Gasteiger partial charge on any atom is -0.341 e. The first-order valence-electron chi connectivity index (χ1n) is 8.22. The monoisotopic (exact) mass is 285 g/mol. The predicted molar refractivity (Wildman–Crippen MR) is 80.5 cm³/mol. The van der Waals surface area contributed by atoms with Crippen molar-refractivity contribution in [1.82, 2.24) is 14.8 Å². The molecule has 2 saturated heterocycles. The molecule has 1 amide bonds. The Kier molecular flexibility index (Phi) is 3.42. The lowest BCUT2D eigenvalue weighted by Crippen LogP contribution is -2.58.